The molecule has 5 aromatic rings. The summed E-state index contributed by atoms with van der Waals surface area (Å²) >= 11 is 6.57. The third kappa shape index (κ3) is 6.46. The zero-order valence-corrected chi connectivity index (χ0v) is 26.2. The zero-order valence-electron chi connectivity index (χ0n) is 25.5. The average Bonchev–Trinajstić information content (AvgIpc) is 3.41. The summed E-state index contributed by atoms with van der Waals surface area (Å²) in [5.74, 6) is 0.0902. The van der Waals surface area contributed by atoms with Gasteiger partial charge >= 0.3 is 0 Å². The van der Waals surface area contributed by atoms with Crippen LogP contribution < -0.4 is 26.6 Å². The molecule has 0 spiro atoms. The second-order valence-corrected chi connectivity index (χ2v) is 11.9. The number of rotatable bonds is 8. The number of amides is 2. The Hall–Kier alpha value is -5.45. The SMILES string of the molecule is Nc1nccc(Nc2ccc(NC(=O)C(c3ccccc3)N3Cc4cc(-c5ccc(N6CCNCC6)cc5)ccc4C3=O)cc2Cl)n1. The first kappa shape index (κ1) is 30.2. The van der Waals surface area contributed by atoms with Crippen molar-refractivity contribution in [3.8, 4) is 11.1 Å². The number of hydrogen-bond donors (Lipinski definition) is 4. The van der Waals surface area contributed by atoms with Gasteiger partial charge in [-0.1, -0.05) is 60.1 Å². The summed E-state index contributed by atoms with van der Waals surface area (Å²) in [6.07, 6.45) is 1.54. The van der Waals surface area contributed by atoms with Crippen LogP contribution in [0.3, 0.4) is 0 Å². The fourth-order valence-electron chi connectivity index (χ4n) is 6.11. The van der Waals surface area contributed by atoms with E-state index in [2.05, 4.69) is 61.2 Å². The highest BCUT2D eigenvalue weighted by Crippen LogP contribution is 2.36. The number of halogens is 1. The van der Waals surface area contributed by atoms with Gasteiger partial charge in [-0.2, -0.15) is 4.98 Å². The summed E-state index contributed by atoms with van der Waals surface area (Å²) in [6.45, 7) is 4.25. The van der Waals surface area contributed by atoms with Crippen LogP contribution in [0.15, 0.2) is 103 Å². The van der Waals surface area contributed by atoms with E-state index in [1.165, 1.54) is 5.69 Å². The highest BCUT2D eigenvalue weighted by atomic mass is 35.5. The lowest BCUT2D eigenvalue weighted by atomic mass is 10.00. The van der Waals surface area contributed by atoms with Gasteiger partial charge in [0, 0.05) is 55.9 Å². The maximum atomic E-state index is 14.0. The number of nitrogens with one attached hydrogen (secondary N) is 3. The molecule has 10 nitrogen and oxygen atoms in total. The van der Waals surface area contributed by atoms with Crippen molar-refractivity contribution in [2.45, 2.75) is 12.6 Å². The Morgan fingerprint density at radius 1 is 0.915 bits per heavy atom. The minimum atomic E-state index is -0.863. The van der Waals surface area contributed by atoms with E-state index in [1.54, 1.807) is 35.4 Å². The third-order valence-electron chi connectivity index (χ3n) is 8.47. The molecule has 3 heterocycles. The van der Waals surface area contributed by atoms with Crippen LogP contribution in [0, 0.1) is 0 Å². The van der Waals surface area contributed by atoms with Crippen LogP contribution in [0.5, 0.6) is 0 Å². The van der Waals surface area contributed by atoms with Crippen molar-refractivity contribution in [1.82, 2.24) is 20.2 Å². The van der Waals surface area contributed by atoms with Gasteiger partial charge in [0.05, 0.1) is 10.7 Å². The fraction of sp³-hybridized carbons (Fsp3) is 0.167. The van der Waals surface area contributed by atoms with Crippen molar-refractivity contribution in [2.75, 3.05) is 47.4 Å². The smallest absolute Gasteiger partial charge is 0.255 e. The lowest BCUT2D eigenvalue weighted by molar-refractivity contribution is -0.120. The summed E-state index contributed by atoms with van der Waals surface area (Å²) < 4.78 is 0. The molecule has 0 saturated carbocycles. The van der Waals surface area contributed by atoms with Crippen molar-refractivity contribution in [1.29, 1.82) is 0 Å². The largest absolute Gasteiger partial charge is 0.369 e. The van der Waals surface area contributed by atoms with Crippen molar-refractivity contribution >= 4 is 52.2 Å². The predicted molar refractivity (Wildman–Crippen MR) is 186 cm³/mol. The second kappa shape index (κ2) is 13.1. The molecule has 4 aromatic carbocycles. The molecule has 5 N–H and O–H groups in total. The van der Waals surface area contributed by atoms with Crippen LogP contribution in [0.1, 0.15) is 27.5 Å². The van der Waals surface area contributed by atoms with Gasteiger partial charge in [0.1, 0.15) is 11.9 Å². The summed E-state index contributed by atoms with van der Waals surface area (Å²) in [5, 5.41) is 9.84. The molecule has 2 amide bonds. The number of aromatic nitrogens is 2. The van der Waals surface area contributed by atoms with Crippen molar-refractivity contribution in [3.05, 3.63) is 125 Å². The number of nitrogens with zero attached hydrogens (tertiary/aromatic N) is 4. The predicted octanol–water partition coefficient (Wildman–Crippen LogP) is 5.87. The van der Waals surface area contributed by atoms with Crippen LogP contribution in [0.4, 0.5) is 28.8 Å². The van der Waals surface area contributed by atoms with E-state index in [9.17, 15) is 9.59 Å². The molecule has 0 radical (unpaired) electrons. The molecule has 236 valence electrons. The van der Waals surface area contributed by atoms with Gasteiger partial charge < -0.3 is 31.5 Å². The number of nitrogen functional groups attached to an aromatic ring is 1. The van der Waals surface area contributed by atoms with Gasteiger partial charge in [0.15, 0.2) is 0 Å². The molecule has 0 bridgehead atoms. The average molecular weight is 645 g/mol. The Morgan fingerprint density at radius 2 is 1.68 bits per heavy atom. The van der Waals surface area contributed by atoms with Crippen molar-refractivity contribution in [2.24, 2.45) is 0 Å². The minimum absolute atomic E-state index is 0.136. The first-order valence-corrected chi connectivity index (χ1v) is 15.8. The third-order valence-corrected chi connectivity index (χ3v) is 8.78. The van der Waals surface area contributed by atoms with Crippen molar-refractivity contribution in [3.63, 3.8) is 0 Å². The number of nitrogens with two attached hydrogens (primary N) is 1. The molecule has 1 fully saturated rings. The molecule has 7 rings (SSSR count). The van der Waals surface area contributed by atoms with Gasteiger partial charge in [-0.3, -0.25) is 9.59 Å². The molecule has 1 saturated heterocycles. The maximum Gasteiger partial charge on any atom is 0.255 e. The van der Waals surface area contributed by atoms with E-state index in [0.29, 0.717) is 39.9 Å². The van der Waals surface area contributed by atoms with E-state index in [-0.39, 0.29) is 17.8 Å². The highest BCUT2D eigenvalue weighted by Gasteiger charge is 2.37. The van der Waals surface area contributed by atoms with Crippen LogP contribution in [-0.4, -0.2) is 52.9 Å². The minimum Gasteiger partial charge on any atom is -0.369 e. The normalized spacial score (nSPS) is 14.9. The molecule has 1 atom stereocenters. The molecule has 1 aromatic heterocycles. The van der Waals surface area contributed by atoms with Gasteiger partial charge in [0.25, 0.3) is 11.8 Å². The number of carbonyl (C=O) groups is 2. The van der Waals surface area contributed by atoms with Gasteiger partial charge in [-0.25, -0.2) is 4.98 Å². The molecule has 2 aliphatic heterocycles. The van der Waals surface area contributed by atoms with Crippen LogP contribution in [-0.2, 0) is 11.3 Å². The molecular formula is C36H33ClN8O2. The van der Waals surface area contributed by atoms with Gasteiger partial charge in [-0.15, -0.1) is 0 Å². The van der Waals surface area contributed by atoms with E-state index in [4.69, 9.17) is 17.3 Å². The summed E-state index contributed by atoms with van der Waals surface area (Å²) in [6, 6.07) is 29.7. The highest BCUT2D eigenvalue weighted by molar-refractivity contribution is 6.33. The van der Waals surface area contributed by atoms with Crippen molar-refractivity contribution < 1.29 is 9.59 Å². The van der Waals surface area contributed by atoms with E-state index in [0.717, 1.165) is 42.9 Å². The fourth-order valence-corrected chi connectivity index (χ4v) is 6.34. The van der Waals surface area contributed by atoms with Gasteiger partial charge in [0.2, 0.25) is 5.95 Å². The maximum absolute atomic E-state index is 14.0. The molecular weight excluding hydrogens is 612 g/mol. The number of piperazine rings is 1. The molecule has 0 aliphatic carbocycles. The molecule has 2 aliphatic rings. The Bertz CT molecular complexity index is 1930. The standard InChI is InChI=1S/C36H33ClN8O2/c37-30-21-27(9-13-31(30)42-32-14-15-40-36(38)43-32)41-34(46)33(24-4-2-1-3-5-24)45-22-26-20-25(8-12-29(26)35(45)47)23-6-10-28(11-7-23)44-18-16-39-17-19-44/h1-15,20-21,33,39H,16-19,22H2,(H,41,46)(H3,38,40,42,43). The quantitative estimate of drug-likeness (QED) is 0.165. The monoisotopic (exact) mass is 644 g/mol. The van der Waals surface area contributed by atoms with Gasteiger partial charge in [-0.05, 0) is 70.8 Å². The van der Waals surface area contributed by atoms with E-state index in [1.807, 2.05) is 42.5 Å². The van der Waals surface area contributed by atoms with Crippen LogP contribution in [0.25, 0.3) is 11.1 Å². The first-order chi connectivity index (χ1) is 22.9. The van der Waals surface area contributed by atoms with E-state index < -0.39 is 6.04 Å². The Labute approximate surface area is 277 Å². The zero-order chi connectivity index (χ0) is 32.3. The lowest BCUT2D eigenvalue weighted by Gasteiger charge is -2.29. The first-order valence-electron chi connectivity index (χ1n) is 15.4. The number of anilines is 5. The Morgan fingerprint density at radius 3 is 2.43 bits per heavy atom. The number of fused-ring (bicyclic) bond motifs is 1. The lowest BCUT2D eigenvalue weighted by Crippen LogP contribution is -2.43. The number of hydrogen-bond acceptors (Lipinski definition) is 8. The Kier molecular flexibility index (Phi) is 8.43. The molecule has 1 unspecified atom stereocenters. The molecule has 47 heavy (non-hydrogen) atoms. The van der Waals surface area contributed by atoms with Crippen LogP contribution in [0.2, 0.25) is 5.02 Å². The second-order valence-electron chi connectivity index (χ2n) is 11.5. The van der Waals surface area contributed by atoms with E-state index >= 15 is 0 Å². The number of benzene rings is 4. The number of carbonyl (C=O) groups excluding carboxylic acids is 2. The summed E-state index contributed by atoms with van der Waals surface area (Å²) in [5.41, 5.74) is 12.3. The summed E-state index contributed by atoms with van der Waals surface area (Å²) in [7, 11) is 0. The summed E-state index contributed by atoms with van der Waals surface area (Å²) in [4.78, 5) is 39.8. The Balaban J connectivity index is 1.11. The van der Waals surface area contributed by atoms with Crippen LogP contribution >= 0.6 is 11.6 Å². The topological polar surface area (TPSA) is 129 Å². The molecule has 11 heteroatoms.